The zero-order chi connectivity index (χ0) is 18.4. The van der Waals surface area contributed by atoms with Gasteiger partial charge in [-0.1, -0.05) is 48.0 Å². The molecule has 1 N–H and O–H groups in total. The van der Waals surface area contributed by atoms with Gasteiger partial charge in [0.1, 0.15) is 0 Å². The van der Waals surface area contributed by atoms with Crippen LogP contribution >= 0.6 is 11.6 Å². The fourth-order valence-corrected chi connectivity index (χ4v) is 3.19. The molecule has 1 aromatic heterocycles. The standard InChI is InChI=1S/C21H21ClN2O2/c1-25-19-13-15(12-17(22)21(19)26-2)14-24-20(16-8-4-3-5-9-16)18-10-6-7-11-23-18/h3-13,20,24H,14H2,1-2H3/t20-/m1/s1. The van der Waals surface area contributed by atoms with Gasteiger partial charge >= 0.3 is 0 Å². The van der Waals surface area contributed by atoms with Crippen molar-refractivity contribution in [3.63, 3.8) is 0 Å². The van der Waals surface area contributed by atoms with Crippen LogP contribution in [0.15, 0.2) is 66.9 Å². The lowest BCUT2D eigenvalue weighted by molar-refractivity contribution is 0.354. The predicted molar refractivity (Wildman–Crippen MR) is 104 cm³/mol. The minimum absolute atomic E-state index is 0.0238. The number of hydrogen-bond donors (Lipinski definition) is 1. The topological polar surface area (TPSA) is 43.4 Å². The van der Waals surface area contributed by atoms with Crippen LogP contribution in [0.5, 0.6) is 11.5 Å². The molecular weight excluding hydrogens is 348 g/mol. The monoisotopic (exact) mass is 368 g/mol. The maximum atomic E-state index is 6.32. The fourth-order valence-electron chi connectivity index (χ4n) is 2.88. The van der Waals surface area contributed by atoms with Gasteiger partial charge in [0.25, 0.3) is 0 Å². The zero-order valence-corrected chi connectivity index (χ0v) is 15.5. The maximum Gasteiger partial charge on any atom is 0.179 e. The highest BCUT2D eigenvalue weighted by molar-refractivity contribution is 6.32. The van der Waals surface area contributed by atoms with E-state index >= 15 is 0 Å². The second-order valence-electron chi connectivity index (χ2n) is 5.79. The molecule has 3 rings (SSSR count). The molecule has 0 saturated heterocycles. The molecule has 3 aromatic rings. The molecular formula is C21H21ClN2O2. The van der Waals surface area contributed by atoms with Crippen LogP contribution < -0.4 is 14.8 Å². The Kier molecular flexibility index (Phi) is 6.10. The van der Waals surface area contributed by atoms with Gasteiger partial charge in [0.05, 0.1) is 31.0 Å². The van der Waals surface area contributed by atoms with Crippen molar-refractivity contribution in [1.29, 1.82) is 0 Å². The smallest absolute Gasteiger partial charge is 0.179 e. The minimum Gasteiger partial charge on any atom is -0.493 e. The highest BCUT2D eigenvalue weighted by Crippen LogP contribution is 2.36. The molecule has 4 nitrogen and oxygen atoms in total. The van der Waals surface area contributed by atoms with Crippen molar-refractivity contribution in [2.24, 2.45) is 0 Å². The largest absolute Gasteiger partial charge is 0.493 e. The minimum atomic E-state index is -0.0238. The summed E-state index contributed by atoms with van der Waals surface area (Å²) in [6, 6.07) is 20.0. The molecule has 0 bridgehead atoms. The quantitative estimate of drug-likeness (QED) is 0.660. The summed E-state index contributed by atoms with van der Waals surface area (Å²) in [6.45, 7) is 0.607. The molecule has 0 aliphatic heterocycles. The van der Waals surface area contributed by atoms with Gasteiger partial charge in [-0.15, -0.1) is 0 Å². The first-order chi connectivity index (χ1) is 12.7. The van der Waals surface area contributed by atoms with Crippen LogP contribution in [-0.2, 0) is 6.54 Å². The van der Waals surface area contributed by atoms with E-state index in [9.17, 15) is 0 Å². The molecule has 5 heteroatoms. The fraction of sp³-hybridized carbons (Fsp3) is 0.190. The summed E-state index contributed by atoms with van der Waals surface area (Å²) in [6.07, 6.45) is 1.81. The lowest BCUT2D eigenvalue weighted by atomic mass is 10.0. The van der Waals surface area contributed by atoms with E-state index in [1.807, 2.05) is 48.5 Å². The van der Waals surface area contributed by atoms with Crippen molar-refractivity contribution >= 4 is 11.6 Å². The molecule has 0 fully saturated rings. The van der Waals surface area contributed by atoms with Crippen molar-refractivity contribution in [3.05, 3.63) is 88.7 Å². The van der Waals surface area contributed by atoms with Crippen molar-refractivity contribution in [3.8, 4) is 11.5 Å². The SMILES string of the molecule is COc1cc(CN[C@H](c2ccccc2)c2ccccn2)cc(Cl)c1OC. The number of benzene rings is 2. The number of nitrogens with one attached hydrogen (secondary N) is 1. The number of methoxy groups -OCH3 is 2. The van der Waals surface area contributed by atoms with Gasteiger partial charge in [-0.05, 0) is 35.4 Å². The molecule has 2 aromatic carbocycles. The van der Waals surface area contributed by atoms with Gasteiger partial charge in [-0.25, -0.2) is 0 Å². The third kappa shape index (κ3) is 4.15. The second kappa shape index (κ2) is 8.70. The predicted octanol–water partition coefficient (Wildman–Crippen LogP) is 4.63. The van der Waals surface area contributed by atoms with Gasteiger partial charge in [0.2, 0.25) is 0 Å². The van der Waals surface area contributed by atoms with Crippen molar-refractivity contribution < 1.29 is 9.47 Å². The Labute approximate surface area is 158 Å². The van der Waals surface area contributed by atoms with Gasteiger partial charge in [-0.3, -0.25) is 4.98 Å². The van der Waals surface area contributed by atoms with Crippen molar-refractivity contribution in [1.82, 2.24) is 10.3 Å². The normalized spacial score (nSPS) is 11.8. The van der Waals surface area contributed by atoms with E-state index in [1.54, 1.807) is 20.4 Å². The first kappa shape index (κ1) is 18.2. The molecule has 0 unspecified atom stereocenters. The number of aromatic nitrogens is 1. The van der Waals surface area contributed by atoms with Crippen LogP contribution in [-0.4, -0.2) is 19.2 Å². The van der Waals surface area contributed by atoms with E-state index < -0.39 is 0 Å². The van der Waals surface area contributed by atoms with E-state index in [0.717, 1.165) is 16.8 Å². The summed E-state index contributed by atoms with van der Waals surface area (Å²) >= 11 is 6.32. The molecule has 0 radical (unpaired) electrons. The number of ether oxygens (including phenoxy) is 2. The molecule has 26 heavy (non-hydrogen) atoms. The van der Waals surface area contributed by atoms with Crippen LogP contribution in [0.3, 0.4) is 0 Å². The van der Waals surface area contributed by atoms with E-state index in [0.29, 0.717) is 23.1 Å². The third-order valence-electron chi connectivity index (χ3n) is 4.12. The summed E-state index contributed by atoms with van der Waals surface area (Å²) in [5, 5.41) is 4.09. The maximum absolute atomic E-state index is 6.32. The Hall–Kier alpha value is -2.56. The Morgan fingerprint density at radius 1 is 1.00 bits per heavy atom. The van der Waals surface area contributed by atoms with E-state index in [1.165, 1.54) is 0 Å². The number of pyridine rings is 1. The Bertz CT molecular complexity index is 802. The van der Waals surface area contributed by atoms with Crippen LogP contribution in [0.4, 0.5) is 0 Å². The lowest BCUT2D eigenvalue weighted by Crippen LogP contribution is -2.23. The molecule has 1 heterocycles. The molecule has 1 atom stereocenters. The highest BCUT2D eigenvalue weighted by atomic mass is 35.5. The number of hydrogen-bond acceptors (Lipinski definition) is 4. The number of rotatable bonds is 7. The first-order valence-corrected chi connectivity index (χ1v) is 8.70. The molecule has 0 aliphatic rings. The van der Waals surface area contributed by atoms with Crippen LogP contribution in [0.1, 0.15) is 22.9 Å². The molecule has 0 spiro atoms. The van der Waals surface area contributed by atoms with E-state index in [2.05, 4.69) is 22.4 Å². The summed E-state index contributed by atoms with van der Waals surface area (Å²) in [4.78, 5) is 4.51. The molecule has 0 amide bonds. The van der Waals surface area contributed by atoms with Crippen molar-refractivity contribution in [2.45, 2.75) is 12.6 Å². The van der Waals surface area contributed by atoms with Gasteiger partial charge in [-0.2, -0.15) is 0 Å². The molecule has 0 saturated carbocycles. The Morgan fingerprint density at radius 2 is 1.77 bits per heavy atom. The zero-order valence-electron chi connectivity index (χ0n) is 14.8. The Balaban J connectivity index is 1.86. The highest BCUT2D eigenvalue weighted by Gasteiger charge is 2.16. The van der Waals surface area contributed by atoms with Crippen molar-refractivity contribution in [2.75, 3.05) is 14.2 Å². The number of nitrogens with zero attached hydrogens (tertiary/aromatic N) is 1. The summed E-state index contributed by atoms with van der Waals surface area (Å²) in [5.41, 5.74) is 3.12. The third-order valence-corrected chi connectivity index (χ3v) is 4.40. The first-order valence-electron chi connectivity index (χ1n) is 8.32. The van der Waals surface area contributed by atoms with Crippen LogP contribution in [0.25, 0.3) is 0 Å². The van der Waals surface area contributed by atoms with Crippen LogP contribution in [0, 0.1) is 0 Å². The second-order valence-corrected chi connectivity index (χ2v) is 6.20. The van der Waals surface area contributed by atoms with Crippen LogP contribution in [0.2, 0.25) is 5.02 Å². The van der Waals surface area contributed by atoms with Gasteiger partial charge in [0, 0.05) is 12.7 Å². The summed E-state index contributed by atoms with van der Waals surface area (Å²) < 4.78 is 10.7. The van der Waals surface area contributed by atoms with Gasteiger partial charge < -0.3 is 14.8 Å². The average molecular weight is 369 g/mol. The average Bonchev–Trinajstić information content (AvgIpc) is 2.69. The molecule has 134 valence electrons. The van der Waals surface area contributed by atoms with E-state index in [-0.39, 0.29) is 6.04 Å². The summed E-state index contributed by atoms with van der Waals surface area (Å²) in [5.74, 6) is 1.16. The summed E-state index contributed by atoms with van der Waals surface area (Å²) in [7, 11) is 3.18. The van der Waals surface area contributed by atoms with E-state index in [4.69, 9.17) is 21.1 Å². The van der Waals surface area contributed by atoms with Gasteiger partial charge in [0.15, 0.2) is 11.5 Å². The number of halogens is 1. The lowest BCUT2D eigenvalue weighted by Gasteiger charge is -2.20. The Morgan fingerprint density at radius 3 is 2.42 bits per heavy atom. The molecule has 0 aliphatic carbocycles.